The second-order valence-corrected chi connectivity index (χ2v) is 7.17. The van der Waals surface area contributed by atoms with E-state index in [0.29, 0.717) is 5.82 Å². The molecular formula is C23H28N6. The maximum atomic E-state index is 4.70. The van der Waals surface area contributed by atoms with Crippen LogP contribution in [0.4, 0.5) is 23.0 Å². The third-order valence-corrected chi connectivity index (χ3v) is 5.34. The molecule has 0 unspecified atom stereocenters. The van der Waals surface area contributed by atoms with Gasteiger partial charge in [-0.3, -0.25) is 0 Å². The number of likely N-dealkylation sites (N-methyl/N-ethyl adjacent to an activating group) is 1. The molecule has 1 saturated heterocycles. The summed E-state index contributed by atoms with van der Waals surface area (Å²) in [7, 11) is 1.87. The molecule has 1 aliphatic rings. The molecule has 1 aliphatic heterocycles. The SMILES string of the molecule is CCN1CCN(c2ccc(Nc3cc(NC)nc(-c4ccccc4)n3)cc2)CC1. The highest BCUT2D eigenvalue weighted by Gasteiger charge is 2.15. The van der Waals surface area contributed by atoms with Gasteiger partial charge < -0.3 is 20.4 Å². The lowest BCUT2D eigenvalue weighted by atomic mass is 10.2. The standard InChI is InChI=1S/C23H28N6/c1-3-28-13-15-29(16-14-28)20-11-9-19(10-12-20)25-22-17-21(24-2)26-23(27-22)18-7-5-4-6-8-18/h4-12,17H,3,13-16H2,1-2H3,(H2,24,25,26,27). The third-order valence-electron chi connectivity index (χ3n) is 5.34. The Kier molecular flexibility index (Phi) is 5.91. The molecule has 2 heterocycles. The highest BCUT2D eigenvalue weighted by molar-refractivity contribution is 5.66. The quantitative estimate of drug-likeness (QED) is 0.664. The summed E-state index contributed by atoms with van der Waals surface area (Å²) in [6.07, 6.45) is 0. The Bertz CT molecular complexity index is 918. The van der Waals surface area contributed by atoms with E-state index in [4.69, 9.17) is 4.98 Å². The smallest absolute Gasteiger partial charge is 0.163 e. The molecule has 6 heteroatoms. The van der Waals surface area contributed by atoms with Gasteiger partial charge in [-0.15, -0.1) is 0 Å². The van der Waals surface area contributed by atoms with Crippen molar-refractivity contribution >= 4 is 23.0 Å². The summed E-state index contributed by atoms with van der Waals surface area (Å²) in [6.45, 7) is 7.79. The van der Waals surface area contributed by atoms with Crippen molar-refractivity contribution in [3.05, 3.63) is 60.7 Å². The molecule has 0 radical (unpaired) electrons. The van der Waals surface area contributed by atoms with Gasteiger partial charge in [0.1, 0.15) is 11.6 Å². The maximum absolute atomic E-state index is 4.70. The van der Waals surface area contributed by atoms with Crippen LogP contribution in [0.5, 0.6) is 0 Å². The van der Waals surface area contributed by atoms with Crippen molar-refractivity contribution in [2.45, 2.75) is 6.92 Å². The van der Waals surface area contributed by atoms with E-state index in [2.05, 4.69) is 56.6 Å². The van der Waals surface area contributed by atoms with Crippen molar-refractivity contribution in [3.8, 4) is 11.4 Å². The first-order valence-electron chi connectivity index (χ1n) is 10.2. The van der Waals surface area contributed by atoms with Crippen LogP contribution in [0, 0.1) is 0 Å². The second kappa shape index (κ2) is 8.92. The molecule has 0 aliphatic carbocycles. The minimum absolute atomic E-state index is 0.699. The molecule has 0 amide bonds. The third kappa shape index (κ3) is 4.66. The summed E-state index contributed by atoms with van der Waals surface area (Å²) < 4.78 is 0. The Labute approximate surface area is 172 Å². The monoisotopic (exact) mass is 388 g/mol. The van der Waals surface area contributed by atoms with Crippen LogP contribution < -0.4 is 15.5 Å². The molecule has 2 N–H and O–H groups in total. The number of hydrogen-bond donors (Lipinski definition) is 2. The van der Waals surface area contributed by atoms with E-state index in [1.165, 1.54) is 5.69 Å². The number of benzene rings is 2. The number of nitrogens with zero attached hydrogens (tertiary/aromatic N) is 4. The van der Waals surface area contributed by atoms with Crippen molar-refractivity contribution in [1.82, 2.24) is 14.9 Å². The van der Waals surface area contributed by atoms with Crippen molar-refractivity contribution in [2.24, 2.45) is 0 Å². The Morgan fingerprint density at radius 2 is 1.55 bits per heavy atom. The number of nitrogens with one attached hydrogen (secondary N) is 2. The summed E-state index contributed by atoms with van der Waals surface area (Å²) in [5.74, 6) is 2.25. The van der Waals surface area contributed by atoms with Crippen molar-refractivity contribution < 1.29 is 0 Å². The van der Waals surface area contributed by atoms with Gasteiger partial charge in [0.25, 0.3) is 0 Å². The van der Waals surface area contributed by atoms with Crippen LogP contribution >= 0.6 is 0 Å². The van der Waals surface area contributed by atoms with Gasteiger partial charge in [-0.05, 0) is 30.8 Å². The summed E-state index contributed by atoms with van der Waals surface area (Å²) >= 11 is 0. The van der Waals surface area contributed by atoms with E-state index in [-0.39, 0.29) is 0 Å². The molecule has 6 nitrogen and oxygen atoms in total. The Morgan fingerprint density at radius 3 is 2.21 bits per heavy atom. The van der Waals surface area contributed by atoms with Crippen LogP contribution in [0.1, 0.15) is 6.92 Å². The lowest BCUT2D eigenvalue weighted by Gasteiger charge is -2.35. The average molecular weight is 389 g/mol. The van der Waals surface area contributed by atoms with Gasteiger partial charge in [-0.2, -0.15) is 0 Å². The highest BCUT2D eigenvalue weighted by atomic mass is 15.3. The fourth-order valence-corrected chi connectivity index (χ4v) is 3.58. The molecule has 150 valence electrons. The van der Waals surface area contributed by atoms with Gasteiger partial charge in [0.2, 0.25) is 0 Å². The molecule has 29 heavy (non-hydrogen) atoms. The summed E-state index contributed by atoms with van der Waals surface area (Å²) in [4.78, 5) is 14.2. The fourth-order valence-electron chi connectivity index (χ4n) is 3.58. The van der Waals surface area contributed by atoms with Gasteiger partial charge in [-0.1, -0.05) is 37.3 Å². The number of rotatable bonds is 6. The summed E-state index contributed by atoms with van der Waals surface area (Å²) in [5.41, 5.74) is 3.28. The average Bonchev–Trinajstić information content (AvgIpc) is 2.80. The highest BCUT2D eigenvalue weighted by Crippen LogP contribution is 2.24. The van der Waals surface area contributed by atoms with Gasteiger partial charge >= 0.3 is 0 Å². The first-order chi connectivity index (χ1) is 14.2. The van der Waals surface area contributed by atoms with Crippen LogP contribution in [0.25, 0.3) is 11.4 Å². The minimum Gasteiger partial charge on any atom is -0.373 e. The van der Waals surface area contributed by atoms with Crippen LogP contribution in [0.3, 0.4) is 0 Å². The molecule has 1 fully saturated rings. The van der Waals surface area contributed by atoms with Crippen molar-refractivity contribution in [3.63, 3.8) is 0 Å². The number of hydrogen-bond acceptors (Lipinski definition) is 6. The van der Waals surface area contributed by atoms with Gasteiger partial charge in [0, 0.05) is 56.2 Å². The zero-order valence-corrected chi connectivity index (χ0v) is 17.1. The predicted molar refractivity (Wildman–Crippen MR) is 121 cm³/mol. The first kappa shape index (κ1) is 19.2. The molecular weight excluding hydrogens is 360 g/mol. The maximum Gasteiger partial charge on any atom is 0.163 e. The topological polar surface area (TPSA) is 56.3 Å². The van der Waals surface area contributed by atoms with Crippen LogP contribution in [-0.2, 0) is 0 Å². The molecule has 4 rings (SSSR count). The molecule has 0 saturated carbocycles. The minimum atomic E-state index is 0.699. The zero-order valence-electron chi connectivity index (χ0n) is 17.1. The Balaban J connectivity index is 1.49. The zero-order chi connectivity index (χ0) is 20.1. The molecule has 1 aromatic heterocycles. The lowest BCUT2D eigenvalue weighted by Crippen LogP contribution is -2.46. The normalized spacial score (nSPS) is 14.6. The second-order valence-electron chi connectivity index (χ2n) is 7.17. The van der Waals surface area contributed by atoms with E-state index in [1.54, 1.807) is 0 Å². The van der Waals surface area contributed by atoms with Crippen LogP contribution in [0.15, 0.2) is 60.7 Å². The van der Waals surface area contributed by atoms with Gasteiger partial charge in [-0.25, -0.2) is 9.97 Å². The Morgan fingerprint density at radius 1 is 0.862 bits per heavy atom. The molecule has 3 aromatic rings. The predicted octanol–water partition coefficient (Wildman–Crippen LogP) is 4.07. The van der Waals surface area contributed by atoms with E-state index >= 15 is 0 Å². The lowest BCUT2D eigenvalue weighted by molar-refractivity contribution is 0.271. The molecule has 0 atom stereocenters. The molecule has 0 bridgehead atoms. The number of piperazine rings is 1. The van der Waals surface area contributed by atoms with Crippen molar-refractivity contribution in [1.29, 1.82) is 0 Å². The fraction of sp³-hybridized carbons (Fsp3) is 0.304. The van der Waals surface area contributed by atoms with Crippen molar-refractivity contribution in [2.75, 3.05) is 55.3 Å². The summed E-state index contributed by atoms with van der Waals surface area (Å²) in [6, 6.07) is 20.5. The van der Waals surface area contributed by atoms with Gasteiger partial charge in [0.15, 0.2) is 5.82 Å². The first-order valence-corrected chi connectivity index (χ1v) is 10.2. The molecule has 2 aromatic carbocycles. The van der Waals surface area contributed by atoms with Crippen LogP contribution in [0.2, 0.25) is 0 Å². The van der Waals surface area contributed by atoms with E-state index in [1.807, 2.05) is 43.4 Å². The van der Waals surface area contributed by atoms with E-state index in [9.17, 15) is 0 Å². The largest absolute Gasteiger partial charge is 0.373 e. The van der Waals surface area contributed by atoms with Crippen LogP contribution in [-0.4, -0.2) is 54.6 Å². The number of anilines is 4. The van der Waals surface area contributed by atoms with Gasteiger partial charge in [0.05, 0.1) is 0 Å². The molecule has 0 spiro atoms. The van der Waals surface area contributed by atoms with E-state index in [0.717, 1.165) is 55.6 Å². The summed E-state index contributed by atoms with van der Waals surface area (Å²) in [5, 5.41) is 6.54. The Hall–Kier alpha value is -3.12. The van der Waals surface area contributed by atoms with E-state index < -0.39 is 0 Å². The number of aromatic nitrogens is 2.